The maximum Gasteiger partial charge on any atom is 0.321 e. The van der Waals surface area contributed by atoms with Crippen LogP contribution in [-0.4, -0.2) is 41.7 Å². The van der Waals surface area contributed by atoms with Gasteiger partial charge < -0.3 is 20.1 Å². The Morgan fingerprint density at radius 3 is 2.57 bits per heavy atom. The fraction of sp³-hybridized carbons (Fsp3) is 0.467. The summed E-state index contributed by atoms with van der Waals surface area (Å²) in [5, 5.41) is 11.6. The molecule has 0 spiro atoms. The molecule has 1 aromatic rings. The van der Waals surface area contributed by atoms with Crippen molar-refractivity contribution in [2.24, 2.45) is 5.92 Å². The number of hydrogen-bond acceptors (Lipinski definition) is 3. The van der Waals surface area contributed by atoms with E-state index in [0.29, 0.717) is 11.4 Å². The molecule has 2 N–H and O–H groups in total. The van der Waals surface area contributed by atoms with Gasteiger partial charge in [-0.25, -0.2) is 4.79 Å². The van der Waals surface area contributed by atoms with Crippen molar-refractivity contribution in [2.45, 2.75) is 26.9 Å². The lowest BCUT2D eigenvalue weighted by Gasteiger charge is -2.20. The van der Waals surface area contributed by atoms with E-state index in [1.807, 2.05) is 19.9 Å². The van der Waals surface area contributed by atoms with Crippen LogP contribution in [0.25, 0.3) is 0 Å². The zero-order valence-electron chi connectivity index (χ0n) is 12.8. The number of carbonyl (C=O) groups is 2. The Morgan fingerprint density at radius 1 is 1.33 bits per heavy atom. The van der Waals surface area contributed by atoms with Crippen LogP contribution in [0.15, 0.2) is 24.3 Å². The zero-order valence-corrected chi connectivity index (χ0v) is 12.8. The Bertz CT molecular complexity index is 502. The number of aliphatic carboxylic acids is 1. The Morgan fingerprint density at radius 2 is 2.00 bits per heavy atom. The molecule has 0 saturated carbocycles. The summed E-state index contributed by atoms with van der Waals surface area (Å²) in [5.41, 5.74) is 0.605. The summed E-state index contributed by atoms with van der Waals surface area (Å²) in [4.78, 5) is 24.1. The van der Waals surface area contributed by atoms with Gasteiger partial charge in [0.1, 0.15) is 5.75 Å². The van der Waals surface area contributed by atoms with Crippen LogP contribution in [0.2, 0.25) is 0 Å². The molecule has 1 rings (SSSR count). The molecule has 0 saturated heterocycles. The molecular formula is C15H22N2O4. The normalized spacial score (nSPS) is 11.9. The van der Waals surface area contributed by atoms with Crippen molar-refractivity contribution in [3.05, 3.63) is 24.3 Å². The van der Waals surface area contributed by atoms with Crippen molar-refractivity contribution in [1.82, 2.24) is 4.90 Å². The van der Waals surface area contributed by atoms with Gasteiger partial charge in [-0.15, -0.1) is 0 Å². The summed E-state index contributed by atoms with van der Waals surface area (Å²) in [6.07, 6.45) is 0.0510. The van der Waals surface area contributed by atoms with E-state index in [9.17, 15) is 9.59 Å². The number of nitrogens with one attached hydrogen (secondary N) is 1. The van der Waals surface area contributed by atoms with Gasteiger partial charge in [-0.2, -0.15) is 0 Å². The van der Waals surface area contributed by atoms with Gasteiger partial charge in [0.2, 0.25) is 0 Å². The van der Waals surface area contributed by atoms with E-state index in [2.05, 4.69) is 5.32 Å². The molecule has 0 aliphatic heterocycles. The zero-order chi connectivity index (χ0) is 16.0. The summed E-state index contributed by atoms with van der Waals surface area (Å²) < 4.78 is 5.55. The van der Waals surface area contributed by atoms with Crippen LogP contribution in [-0.2, 0) is 4.79 Å². The second kappa shape index (κ2) is 7.52. The molecule has 116 valence electrons. The standard InChI is InChI=1S/C15H22N2O4/c1-10(2)21-13-7-5-6-12(8-13)16-15(20)17(4)9-11(3)14(18)19/h5-8,10-11H,9H2,1-4H3,(H,16,20)(H,18,19). The molecule has 1 aromatic carbocycles. The molecule has 2 amide bonds. The van der Waals surface area contributed by atoms with E-state index in [4.69, 9.17) is 9.84 Å². The van der Waals surface area contributed by atoms with Crippen LogP contribution in [0.1, 0.15) is 20.8 Å². The van der Waals surface area contributed by atoms with Gasteiger partial charge in [0.25, 0.3) is 0 Å². The predicted octanol–water partition coefficient (Wildman–Crippen LogP) is 2.66. The Kier molecular flexibility index (Phi) is 6.02. The highest BCUT2D eigenvalue weighted by Crippen LogP contribution is 2.18. The van der Waals surface area contributed by atoms with Crippen molar-refractivity contribution in [3.8, 4) is 5.75 Å². The molecule has 0 radical (unpaired) electrons. The smallest absolute Gasteiger partial charge is 0.321 e. The lowest BCUT2D eigenvalue weighted by Crippen LogP contribution is -2.36. The number of rotatable bonds is 6. The van der Waals surface area contributed by atoms with Gasteiger partial charge in [-0.05, 0) is 26.0 Å². The fourth-order valence-electron chi connectivity index (χ4n) is 1.71. The first-order valence-corrected chi connectivity index (χ1v) is 6.81. The van der Waals surface area contributed by atoms with Crippen LogP contribution < -0.4 is 10.1 Å². The first-order chi connectivity index (χ1) is 9.79. The number of ether oxygens (including phenoxy) is 1. The van der Waals surface area contributed by atoms with E-state index < -0.39 is 11.9 Å². The molecule has 0 heterocycles. The average Bonchev–Trinajstić information content (AvgIpc) is 2.37. The third-order valence-corrected chi connectivity index (χ3v) is 2.77. The molecule has 0 aromatic heterocycles. The molecule has 0 aliphatic rings. The first kappa shape index (κ1) is 16.8. The first-order valence-electron chi connectivity index (χ1n) is 6.81. The number of nitrogens with zero attached hydrogens (tertiary/aromatic N) is 1. The minimum Gasteiger partial charge on any atom is -0.491 e. The number of amides is 2. The van der Waals surface area contributed by atoms with Crippen molar-refractivity contribution in [2.75, 3.05) is 18.9 Å². The van der Waals surface area contributed by atoms with Gasteiger partial charge in [-0.3, -0.25) is 4.79 Å². The van der Waals surface area contributed by atoms with Crippen LogP contribution in [0.5, 0.6) is 5.75 Å². The van der Waals surface area contributed by atoms with Gasteiger partial charge in [0.05, 0.1) is 12.0 Å². The minimum absolute atomic E-state index is 0.0510. The number of anilines is 1. The van der Waals surface area contributed by atoms with Crippen LogP contribution in [0.3, 0.4) is 0 Å². The lowest BCUT2D eigenvalue weighted by atomic mass is 10.2. The Balaban J connectivity index is 2.63. The summed E-state index contributed by atoms with van der Waals surface area (Å²) in [6, 6.07) is 6.72. The molecule has 1 atom stereocenters. The Labute approximate surface area is 124 Å². The van der Waals surface area contributed by atoms with Crippen LogP contribution >= 0.6 is 0 Å². The lowest BCUT2D eigenvalue weighted by molar-refractivity contribution is -0.141. The highest BCUT2D eigenvalue weighted by atomic mass is 16.5. The monoisotopic (exact) mass is 294 g/mol. The van der Waals surface area contributed by atoms with Gasteiger partial charge in [0.15, 0.2) is 0 Å². The number of benzene rings is 1. The maximum absolute atomic E-state index is 12.0. The summed E-state index contributed by atoms with van der Waals surface area (Å²) in [7, 11) is 1.56. The molecule has 0 fully saturated rings. The second-order valence-electron chi connectivity index (χ2n) is 5.24. The van der Waals surface area contributed by atoms with E-state index >= 15 is 0 Å². The number of urea groups is 1. The van der Waals surface area contributed by atoms with Gasteiger partial charge in [0, 0.05) is 25.3 Å². The van der Waals surface area contributed by atoms with E-state index in [1.54, 1.807) is 32.2 Å². The molecule has 0 bridgehead atoms. The number of carbonyl (C=O) groups excluding carboxylic acids is 1. The predicted molar refractivity (Wildman–Crippen MR) is 80.7 cm³/mol. The van der Waals surface area contributed by atoms with Crippen molar-refractivity contribution >= 4 is 17.7 Å². The number of carboxylic acid groups (broad SMARTS) is 1. The summed E-state index contributed by atoms with van der Waals surface area (Å²) >= 11 is 0. The topological polar surface area (TPSA) is 78.9 Å². The Hall–Kier alpha value is -2.24. The van der Waals surface area contributed by atoms with Crippen LogP contribution in [0, 0.1) is 5.92 Å². The molecule has 6 heteroatoms. The minimum atomic E-state index is -0.929. The molecule has 21 heavy (non-hydrogen) atoms. The van der Waals surface area contributed by atoms with Crippen LogP contribution in [0.4, 0.5) is 10.5 Å². The highest BCUT2D eigenvalue weighted by Gasteiger charge is 2.17. The van der Waals surface area contributed by atoms with E-state index in [0.717, 1.165) is 0 Å². The van der Waals surface area contributed by atoms with Crippen molar-refractivity contribution < 1.29 is 19.4 Å². The third-order valence-electron chi connectivity index (χ3n) is 2.77. The molecular weight excluding hydrogens is 272 g/mol. The summed E-state index contributed by atoms with van der Waals surface area (Å²) in [6.45, 7) is 5.55. The van der Waals surface area contributed by atoms with Gasteiger partial charge >= 0.3 is 12.0 Å². The SMILES string of the molecule is CC(C)Oc1cccc(NC(=O)N(C)CC(C)C(=O)O)c1. The third kappa shape index (κ3) is 5.72. The van der Waals surface area contributed by atoms with Gasteiger partial charge in [-0.1, -0.05) is 13.0 Å². The van der Waals surface area contributed by atoms with E-state index in [-0.39, 0.29) is 18.7 Å². The average molecular weight is 294 g/mol. The fourth-order valence-corrected chi connectivity index (χ4v) is 1.71. The van der Waals surface area contributed by atoms with E-state index in [1.165, 1.54) is 4.90 Å². The van der Waals surface area contributed by atoms with Crippen molar-refractivity contribution in [3.63, 3.8) is 0 Å². The van der Waals surface area contributed by atoms with Crippen molar-refractivity contribution in [1.29, 1.82) is 0 Å². The molecule has 0 aliphatic carbocycles. The molecule has 6 nitrogen and oxygen atoms in total. The largest absolute Gasteiger partial charge is 0.491 e. The highest BCUT2D eigenvalue weighted by molar-refractivity contribution is 5.89. The number of carboxylic acids is 1. The summed E-state index contributed by atoms with van der Waals surface area (Å²) in [5.74, 6) is -0.873. The quantitative estimate of drug-likeness (QED) is 0.845. The maximum atomic E-state index is 12.0. The number of hydrogen-bond donors (Lipinski definition) is 2. The molecule has 1 unspecified atom stereocenters. The second-order valence-corrected chi connectivity index (χ2v) is 5.24.